The molecule has 1 fully saturated rings. The number of hydrogen-bond acceptors (Lipinski definition) is 5. The first-order chi connectivity index (χ1) is 10.0. The lowest BCUT2D eigenvalue weighted by atomic mass is 10.1. The first kappa shape index (κ1) is 15.7. The lowest BCUT2D eigenvalue weighted by Gasteiger charge is -2.37. The number of hydrazine groups is 1. The molecule has 1 saturated heterocycles. The Bertz CT molecular complexity index is 510. The van der Waals surface area contributed by atoms with E-state index >= 15 is 0 Å². The summed E-state index contributed by atoms with van der Waals surface area (Å²) in [5.41, 5.74) is 2.47. The second-order valence-corrected chi connectivity index (χ2v) is 5.41. The van der Waals surface area contributed by atoms with Crippen molar-refractivity contribution >= 4 is 11.6 Å². The molecule has 0 aliphatic carbocycles. The van der Waals surface area contributed by atoms with E-state index in [1.165, 1.54) is 12.1 Å². The van der Waals surface area contributed by atoms with Gasteiger partial charge in [-0.15, -0.1) is 0 Å². The van der Waals surface area contributed by atoms with E-state index in [9.17, 15) is 9.18 Å². The summed E-state index contributed by atoms with van der Waals surface area (Å²) in [5, 5.41) is 2.85. The molecular weight excluding hydrogens is 273 g/mol. The van der Waals surface area contributed by atoms with Crippen LogP contribution in [0, 0.1) is 5.82 Å². The highest BCUT2D eigenvalue weighted by molar-refractivity contribution is 5.99. The van der Waals surface area contributed by atoms with Crippen molar-refractivity contribution < 1.29 is 9.18 Å². The summed E-state index contributed by atoms with van der Waals surface area (Å²) >= 11 is 0. The normalized spacial score (nSPS) is 20.3. The van der Waals surface area contributed by atoms with Crippen molar-refractivity contribution in [3.63, 3.8) is 0 Å². The Balaban J connectivity index is 2.00. The number of carbonyl (C=O) groups is 1. The van der Waals surface area contributed by atoms with Crippen molar-refractivity contribution in [2.45, 2.75) is 6.04 Å². The maximum absolute atomic E-state index is 13.6. The lowest BCUT2D eigenvalue weighted by molar-refractivity contribution is 0.0881. The Morgan fingerprint density at radius 2 is 2.19 bits per heavy atom. The topological polar surface area (TPSA) is 73.6 Å². The number of carbonyl (C=O) groups excluding carboxylic acids is 1. The van der Waals surface area contributed by atoms with Crippen LogP contribution in [0.1, 0.15) is 10.4 Å². The van der Waals surface area contributed by atoms with Crippen LogP contribution >= 0.6 is 0 Å². The summed E-state index contributed by atoms with van der Waals surface area (Å²) < 4.78 is 13.6. The Morgan fingerprint density at radius 1 is 1.43 bits per heavy atom. The highest BCUT2D eigenvalue weighted by Gasteiger charge is 2.23. The third-order valence-corrected chi connectivity index (χ3v) is 3.88. The molecule has 1 heterocycles. The molecule has 21 heavy (non-hydrogen) atoms. The monoisotopic (exact) mass is 295 g/mol. The van der Waals surface area contributed by atoms with Crippen molar-refractivity contribution in [2.24, 2.45) is 5.84 Å². The van der Waals surface area contributed by atoms with Gasteiger partial charge in [0.15, 0.2) is 0 Å². The van der Waals surface area contributed by atoms with E-state index < -0.39 is 5.82 Å². The third kappa shape index (κ3) is 3.69. The highest BCUT2D eigenvalue weighted by Crippen LogP contribution is 2.18. The first-order valence-corrected chi connectivity index (χ1v) is 6.95. The second-order valence-electron chi connectivity index (χ2n) is 5.41. The number of rotatable bonds is 4. The standard InChI is InChI=1S/C14H22FN5O/c1-19-6-7-20(2)10(9-19)8-17-14(21)11-4-3-5-12(15)13(11)18-16/h3-5,10,18H,6-9,16H2,1-2H3,(H,17,21). The lowest BCUT2D eigenvalue weighted by Crippen LogP contribution is -2.54. The molecule has 4 N–H and O–H groups in total. The van der Waals surface area contributed by atoms with E-state index in [-0.39, 0.29) is 23.2 Å². The smallest absolute Gasteiger partial charge is 0.253 e. The van der Waals surface area contributed by atoms with E-state index in [0.717, 1.165) is 19.6 Å². The molecule has 1 unspecified atom stereocenters. The zero-order valence-corrected chi connectivity index (χ0v) is 12.4. The summed E-state index contributed by atoms with van der Waals surface area (Å²) in [6, 6.07) is 4.54. The summed E-state index contributed by atoms with van der Waals surface area (Å²) in [5.74, 6) is 4.41. The zero-order valence-electron chi connectivity index (χ0n) is 12.4. The van der Waals surface area contributed by atoms with Crippen molar-refractivity contribution in [2.75, 3.05) is 45.7 Å². The Morgan fingerprint density at radius 3 is 2.90 bits per heavy atom. The van der Waals surface area contributed by atoms with Crippen molar-refractivity contribution in [3.8, 4) is 0 Å². The predicted octanol–water partition coefficient (Wildman–Crippen LogP) is 0.0869. The largest absolute Gasteiger partial charge is 0.350 e. The number of nitrogens with zero attached hydrogens (tertiary/aromatic N) is 2. The van der Waals surface area contributed by atoms with Gasteiger partial charge in [0.05, 0.1) is 11.3 Å². The molecule has 116 valence electrons. The van der Waals surface area contributed by atoms with Crippen LogP contribution in [0.25, 0.3) is 0 Å². The van der Waals surface area contributed by atoms with Gasteiger partial charge >= 0.3 is 0 Å². The Kier molecular flexibility index (Phi) is 5.11. The summed E-state index contributed by atoms with van der Waals surface area (Å²) in [6.07, 6.45) is 0. The molecule has 0 radical (unpaired) electrons. The quantitative estimate of drug-likeness (QED) is 0.542. The molecule has 1 atom stereocenters. The average Bonchev–Trinajstić information content (AvgIpc) is 2.47. The van der Waals surface area contributed by atoms with Gasteiger partial charge in [-0.05, 0) is 26.2 Å². The average molecular weight is 295 g/mol. The molecule has 7 heteroatoms. The number of halogens is 1. The number of likely N-dealkylation sites (N-methyl/N-ethyl adjacent to an activating group) is 2. The molecule has 6 nitrogen and oxygen atoms in total. The van der Waals surface area contributed by atoms with Gasteiger partial charge in [-0.2, -0.15) is 0 Å². The maximum atomic E-state index is 13.6. The fourth-order valence-electron chi connectivity index (χ4n) is 2.49. The molecule has 0 spiro atoms. The third-order valence-electron chi connectivity index (χ3n) is 3.88. The number of anilines is 1. The SMILES string of the molecule is CN1CCN(C)C(CNC(=O)c2cccc(F)c2NN)C1. The second kappa shape index (κ2) is 6.84. The van der Waals surface area contributed by atoms with Crippen LogP contribution in [0.2, 0.25) is 0 Å². The van der Waals surface area contributed by atoms with Crippen molar-refractivity contribution in [1.82, 2.24) is 15.1 Å². The fourth-order valence-corrected chi connectivity index (χ4v) is 2.49. The number of nitrogens with two attached hydrogens (primary N) is 1. The van der Waals surface area contributed by atoms with E-state index in [0.29, 0.717) is 6.54 Å². The molecule has 1 aromatic rings. The van der Waals surface area contributed by atoms with E-state index in [1.54, 1.807) is 6.07 Å². The molecule has 0 aromatic heterocycles. The first-order valence-electron chi connectivity index (χ1n) is 6.95. The van der Waals surface area contributed by atoms with Crippen LogP contribution in [0.3, 0.4) is 0 Å². The number of piperazine rings is 1. The Labute approximate surface area is 124 Å². The van der Waals surface area contributed by atoms with E-state index in [2.05, 4.69) is 27.6 Å². The molecule has 1 aliphatic heterocycles. The van der Waals surface area contributed by atoms with Gasteiger partial charge in [0.1, 0.15) is 5.82 Å². The van der Waals surface area contributed by atoms with Gasteiger partial charge in [0.25, 0.3) is 5.91 Å². The predicted molar refractivity (Wildman–Crippen MR) is 80.5 cm³/mol. The molecule has 1 aromatic carbocycles. The highest BCUT2D eigenvalue weighted by atomic mass is 19.1. The number of nitrogens with one attached hydrogen (secondary N) is 2. The molecule has 0 bridgehead atoms. The van der Waals surface area contributed by atoms with Crippen LogP contribution in [0.4, 0.5) is 10.1 Å². The summed E-state index contributed by atoms with van der Waals surface area (Å²) in [7, 11) is 4.10. The number of para-hydroxylation sites is 1. The summed E-state index contributed by atoms with van der Waals surface area (Å²) in [6.45, 7) is 3.39. The van der Waals surface area contributed by atoms with Crippen molar-refractivity contribution in [1.29, 1.82) is 0 Å². The minimum atomic E-state index is -0.542. The number of hydrogen-bond donors (Lipinski definition) is 3. The van der Waals surface area contributed by atoms with Gasteiger partial charge in [-0.3, -0.25) is 15.5 Å². The van der Waals surface area contributed by atoms with Crippen LogP contribution in [-0.2, 0) is 0 Å². The van der Waals surface area contributed by atoms with Crippen LogP contribution in [0.5, 0.6) is 0 Å². The summed E-state index contributed by atoms with van der Waals surface area (Å²) in [4.78, 5) is 16.6. The zero-order chi connectivity index (χ0) is 15.4. The van der Waals surface area contributed by atoms with Crippen molar-refractivity contribution in [3.05, 3.63) is 29.6 Å². The molecule has 0 saturated carbocycles. The van der Waals surface area contributed by atoms with Gasteiger partial charge in [0, 0.05) is 32.2 Å². The number of amides is 1. The fraction of sp³-hybridized carbons (Fsp3) is 0.500. The van der Waals surface area contributed by atoms with Crippen LogP contribution < -0.4 is 16.6 Å². The van der Waals surface area contributed by atoms with Gasteiger partial charge in [0.2, 0.25) is 0 Å². The maximum Gasteiger partial charge on any atom is 0.253 e. The minimum Gasteiger partial charge on any atom is -0.350 e. The van der Waals surface area contributed by atoms with E-state index in [1.807, 2.05) is 7.05 Å². The van der Waals surface area contributed by atoms with Crippen LogP contribution in [0.15, 0.2) is 18.2 Å². The van der Waals surface area contributed by atoms with Crippen LogP contribution in [-0.4, -0.2) is 62.0 Å². The molecule has 2 rings (SSSR count). The minimum absolute atomic E-state index is 0.0177. The van der Waals surface area contributed by atoms with Gasteiger partial charge < -0.3 is 15.6 Å². The number of benzene rings is 1. The Hall–Kier alpha value is -1.70. The molecular formula is C14H22FN5O. The molecule has 1 aliphatic rings. The van der Waals surface area contributed by atoms with E-state index in [4.69, 9.17) is 5.84 Å². The molecule has 1 amide bonds. The number of nitrogen functional groups attached to an aromatic ring is 1. The van der Waals surface area contributed by atoms with Gasteiger partial charge in [-0.25, -0.2) is 4.39 Å². The van der Waals surface area contributed by atoms with Gasteiger partial charge in [-0.1, -0.05) is 6.07 Å².